The van der Waals surface area contributed by atoms with Crippen LogP contribution in [0.3, 0.4) is 0 Å². The van der Waals surface area contributed by atoms with E-state index in [0.717, 1.165) is 10.9 Å². The van der Waals surface area contributed by atoms with Crippen LogP contribution in [-0.4, -0.2) is 22.5 Å². The molecular weight excluding hydrogens is 276 g/mol. The Kier molecular flexibility index (Phi) is 4.28. The summed E-state index contributed by atoms with van der Waals surface area (Å²) in [5, 5.41) is 0.804. The maximum Gasteiger partial charge on any atom is 0.313 e. The van der Waals surface area contributed by atoms with Gasteiger partial charge in [-0.05, 0) is 32.9 Å². The van der Waals surface area contributed by atoms with Gasteiger partial charge < -0.3 is 9.15 Å². The Balaban J connectivity index is 2.45. The summed E-state index contributed by atoms with van der Waals surface area (Å²) in [5.41, 5.74) is 1.70. The molecule has 0 saturated heterocycles. The van der Waals surface area contributed by atoms with Crippen LogP contribution in [0.2, 0.25) is 0 Å². The molecule has 0 aliphatic heterocycles. The highest BCUT2D eigenvalue weighted by molar-refractivity contribution is 7.84. The highest BCUT2D eigenvalue weighted by Gasteiger charge is 2.20. The van der Waals surface area contributed by atoms with Crippen LogP contribution in [0, 0.1) is 6.92 Å². The monoisotopic (exact) mass is 294 g/mol. The minimum absolute atomic E-state index is 0.000814. The third-order valence-electron chi connectivity index (χ3n) is 2.83. The van der Waals surface area contributed by atoms with Gasteiger partial charge in [0.05, 0.1) is 21.8 Å². The molecule has 2 rings (SSSR count). The SMILES string of the molecule is Cc1ccc2oc(CC(=O)OC(C)C)c([S@](C)=O)c2c1. The van der Waals surface area contributed by atoms with E-state index in [1.54, 1.807) is 20.1 Å². The number of rotatable bonds is 4. The highest BCUT2D eigenvalue weighted by atomic mass is 32.2. The van der Waals surface area contributed by atoms with Crippen molar-refractivity contribution in [2.24, 2.45) is 0 Å². The summed E-state index contributed by atoms with van der Waals surface area (Å²) < 4.78 is 22.7. The van der Waals surface area contributed by atoms with Crippen LogP contribution in [0.4, 0.5) is 0 Å². The summed E-state index contributed by atoms with van der Waals surface area (Å²) >= 11 is 0. The van der Waals surface area contributed by atoms with Gasteiger partial charge >= 0.3 is 5.97 Å². The number of hydrogen-bond acceptors (Lipinski definition) is 4. The normalized spacial score (nSPS) is 12.8. The summed E-state index contributed by atoms with van der Waals surface area (Å²) in [7, 11) is -1.22. The zero-order valence-corrected chi connectivity index (χ0v) is 12.9. The van der Waals surface area contributed by atoms with Crippen LogP contribution in [0.25, 0.3) is 11.0 Å². The first-order valence-corrected chi connectivity index (χ1v) is 7.99. The van der Waals surface area contributed by atoms with Gasteiger partial charge in [-0.2, -0.15) is 0 Å². The Morgan fingerprint density at radius 1 is 1.40 bits per heavy atom. The van der Waals surface area contributed by atoms with E-state index in [1.807, 2.05) is 25.1 Å². The number of aryl methyl sites for hydroxylation is 1. The average Bonchev–Trinajstić information content (AvgIpc) is 2.64. The van der Waals surface area contributed by atoms with Gasteiger partial charge in [0.2, 0.25) is 0 Å². The third-order valence-corrected chi connectivity index (χ3v) is 3.85. The lowest BCUT2D eigenvalue weighted by atomic mass is 10.2. The Bertz CT molecular complexity index is 670. The molecule has 2 aromatic rings. The van der Waals surface area contributed by atoms with Crippen molar-refractivity contribution in [1.82, 2.24) is 0 Å². The molecule has 1 aromatic carbocycles. The zero-order chi connectivity index (χ0) is 14.9. The maximum atomic E-state index is 12.0. The van der Waals surface area contributed by atoms with Gasteiger partial charge in [0.1, 0.15) is 17.8 Å². The minimum atomic E-state index is -1.22. The first-order valence-electron chi connectivity index (χ1n) is 6.43. The predicted octanol–water partition coefficient (Wildman–Crippen LogP) is 2.97. The molecule has 5 heteroatoms. The molecule has 0 unspecified atom stereocenters. The molecule has 0 radical (unpaired) electrons. The van der Waals surface area contributed by atoms with Crippen molar-refractivity contribution in [2.75, 3.05) is 6.26 Å². The molecule has 4 nitrogen and oxygen atoms in total. The molecule has 0 aliphatic rings. The lowest BCUT2D eigenvalue weighted by Gasteiger charge is -2.06. The molecule has 1 heterocycles. The van der Waals surface area contributed by atoms with Gasteiger partial charge in [-0.15, -0.1) is 0 Å². The summed E-state index contributed by atoms with van der Waals surface area (Å²) in [6, 6.07) is 5.68. The van der Waals surface area contributed by atoms with Gasteiger partial charge in [0, 0.05) is 11.6 Å². The van der Waals surface area contributed by atoms with E-state index >= 15 is 0 Å². The van der Waals surface area contributed by atoms with E-state index in [9.17, 15) is 9.00 Å². The van der Waals surface area contributed by atoms with E-state index in [2.05, 4.69) is 0 Å². The van der Waals surface area contributed by atoms with Crippen molar-refractivity contribution in [3.63, 3.8) is 0 Å². The fourth-order valence-corrected chi connectivity index (χ4v) is 3.01. The predicted molar refractivity (Wildman–Crippen MR) is 78.2 cm³/mol. The molecule has 0 spiro atoms. The first-order chi connectivity index (χ1) is 9.38. The van der Waals surface area contributed by atoms with Gasteiger partial charge in [0.25, 0.3) is 0 Å². The molecule has 0 saturated carbocycles. The summed E-state index contributed by atoms with van der Waals surface area (Å²) in [6.45, 7) is 5.54. The molecule has 20 heavy (non-hydrogen) atoms. The van der Waals surface area contributed by atoms with Gasteiger partial charge in [-0.25, -0.2) is 0 Å². The highest BCUT2D eigenvalue weighted by Crippen LogP contribution is 2.30. The Morgan fingerprint density at radius 3 is 2.70 bits per heavy atom. The number of hydrogen-bond donors (Lipinski definition) is 0. The molecule has 0 aliphatic carbocycles. The average molecular weight is 294 g/mol. The number of ether oxygens (including phenoxy) is 1. The van der Waals surface area contributed by atoms with Crippen LogP contribution in [0.15, 0.2) is 27.5 Å². The van der Waals surface area contributed by atoms with Crippen molar-refractivity contribution in [3.05, 3.63) is 29.5 Å². The number of furan rings is 1. The quantitative estimate of drug-likeness (QED) is 0.813. The summed E-state index contributed by atoms with van der Waals surface area (Å²) in [4.78, 5) is 12.3. The topological polar surface area (TPSA) is 56.5 Å². The van der Waals surface area contributed by atoms with Crippen LogP contribution in [-0.2, 0) is 26.8 Å². The minimum Gasteiger partial charge on any atom is -0.463 e. The molecule has 108 valence electrons. The smallest absolute Gasteiger partial charge is 0.313 e. The fourth-order valence-electron chi connectivity index (χ4n) is 2.11. The van der Waals surface area contributed by atoms with Crippen LogP contribution < -0.4 is 0 Å². The summed E-state index contributed by atoms with van der Waals surface area (Å²) in [5.74, 6) is 0.0551. The third kappa shape index (κ3) is 3.10. The van der Waals surface area contributed by atoms with Crippen LogP contribution in [0.5, 0.6) is 0 Å². The van der Waals surface area contributed by atoms with Gasteiger partial charge in [-0.1, -0.05) is 11.6 Å². The van der Waals surface area contributed by atoms with E-state index in [4.69, 9.17) is 9.15 Å². The maximum absolute atomic E-state index is 12.0. The second-order valence-electron chi connectivity index (χ2n) is 5.02. The number of carbonyl (C=O) groups excluding carboxylic acids is 1. The number of benzene rings is 1. The Morgan fingerprint density at radius 2 is 2.10 bits per heavy atom. The molecule has 1 aromatic heterocycles. The van der Waals surface area contributed by atoms with Gasteiger partial charge in [0.15, 0.2) is 0 Å². The van der Waals surface area contributed by atoms with Crippen LogP contribution >= 0.6 is 0 Å². The van der Waals surface area contributed by atoms with E-state index in [-0.39, 0.29) is 18.5 Å². The lowest BCUT2D eigenvalue weighted by molar-refractivity contribution is -0.146. The lowest BCUT2D eigenvalue weighted by Crippen LogP contribution is -2.14. The van der Waals surface area contributed by atoms with Crippen molar-refractivity contribution >= 4 is 27.7 Å². The second-order valence-corrected chi connectivity index (χ2v) is 6.34. The van der Waals surface area contributed by atoms with Crippen LogP contribution in [0.1, 0.15) is 25.2 Å². The van der Waals surface area contributed by atoms with Gasteiger partial charge in [-0.3, -0.25) is 9.00 Å². The van der Waals surface area contributed by atoms with E-state index in [0.29, 0.717) is 16.2 Å². The van der Waals surface area contributed by atoms with Crippen molar-refractivity contribution in [2.45, 2.75) is 38.2 Å². The number of esters is 1. The van der Waals surface area contributed by atoms with E-state index in [1.165, 1.54) is 0 Å². The molecular formula is C15H18O4S. The Hall–Kier alpha value is -1.62. The largest absolute Gasteiger partial charge is 0.463 e. The number of fused-ring (bicyclic) bond motifs is 1. The molecule has 0 N–H and O–H groups in total. The molecule has 0 amide bonds. The molecule has 0 bridgehead atoms. The standard InChI is InChI=1S/C15H18O4S/c1-9(2)18-14(16)8-13-15(20(4)17)11-7-10(3)5-6-12(11)19-13/h5-7,9H,8H2,1-4H3/t20-/m0/s1. The first kappa shape index (κ1) is 14.8. The molecule has 1 atom stereocenters. The number of carbonyl (C=O) groups is 1. The van der Waals surface area contributed by atoms with Crippen molar-refractivity contribution in [3.8, 4) is 0 Å². The van der Waals surface area contributed by atoms with E-state index < -0.39 is 10.8 Å². The Labute approximate surface area is 120 Å². The fraction of sp³-hybridized carbons (Fsp3) is 0.400. The molecule has 0 fully saturated rings. The van der Waals surface area contributed by atoms with Crippen molar-refractivity contribution in [1.29, 1.82) is 0 Å². The zero-order valence-electron chi connectivity index (χ0n) is 12.1. The second kappa shape index (κ2) is 5.79. The van der Waals surface area contributed by atoms with Crippen molar-refractivity contribution < 1.29 is 18.2 Å². The summed E-state index contributed by atoms with van der Waals surface area (Å²) in [6.07, 6.45) is 1.41.